The van der Waals surface area contributed by atoms with Gasteiger partial charge < -0.3 is 5.32 Å². The van der Waals surface area contributed by atoms with Gasteiger partial charge in [-0.2, -0.15) is 0 Å². The molecule has 0 saturated heterocycles. The fraction of sp³-hybridized carbons (Fsp3) is 1.00. The van der Waals surface area contributed by atoms with Crippen LogP contribution in [-0.2, 0) is 0 Å². The van der Waals surface area contributed by atoms with E-state index >= 15 is 0 Å². The lowest BCUT2D eigenvalue weighted by Gasteiger charge is -2.39. The second-order valence-corrected chi connectivity index (χ2v) is 4.91. The number of rotatable bonds is 6. The van der Waals surface area contributed by atoms with Gasteiger partial charge in [0, 0.05) is 5.54 Å². The third kappa shape index (κ3) is 3.68. The van der Waals surface area contributed by atoms with E-state index in [1.165, 1.54) is 19.3 Å². The Morgan fingerprint density at radius 1 is 1.15 bits per heavy atom. The summed E-state index contributed by atoms with van der Waals surface area (Å²) >= 11 is 0. The van der Waals surface area contributed by atoms with Crippen LogP contribution < -0.4 is 5.32 Å². The second-order valence-electron chi connectivity index (χ2n) is 4.91. The third-order valence-electron chi connectivity index (χ3n) is 3.07. The summed E-state index contributed by atoms with van der Waals surface area (Å²) in [6.45, 7) is 11.5. The van der Waals surface area contributed by atoms with Crippen LogP contribution in [0.2, 0.25) is 0 Å². The van der Waals surface area contributed by atoms with Crippen molar-refractivity contribution < 1.29 is 0 Å². The summed E-state index contributed by atoms with van der Waals surface area (Å²) in [5.74, 6) is 1.50. The van der Waals surface area contributed by atoms with Gasteiger partial charge in [-0.05, 0) is 31.7 Å². The molecule has 0 aliphatic carbocycles. The first kappa shape index (κ1) is 13.0. The van der Waals surface area contributed by atoms with E-state index in [9.17, 15) is 0 Å². The monoisotopic (exact) mass is 185 g/mol. The molecular formula is C12H27N. The van der Waals surface area contributed by atoms with Gasteiger partial charge in [-0.3, -0.25) is 0 Å². The van der Waals surface area contributed by atoms with Crippen LogP contribution in [0.15, 0.2) is 0 Å². The quantitative estimate of drug-likeness (QED) is 0.668. The molecule has 0 spiro atoms. The molecule has 80 valence electrons. The van der Waals surface area contributed by atoms with Gasteiger partial charge in [0.05, 0.1) is 0 Å². The molecule has 0 saturated carbocycles. The number of nitrogens with one attached hydrogen (secondary N) is 1. The van der Waals surface area contributed by atoms with Crippen molar-refractivity contribution in [2.45, 2.75) is 59.4 Å². The van der Waals surface area contributed by atoms with Crippen LogP contribution in [0.1, 0.15) is 53.9 Å². The second kappa shape index (κ2) is 5.64. The van der Waals surface area contributed by atoms with E-state index in [1.807, 2.05) is 0 Å². The topological polar surface area (TPSA) is 12.0 Å². The van der Waals surface area contributed by atoms with Gasteiger partial charge in [-0.25, -0.2) is 0 Å². The molecule has 0 aromatic rings. The molecule has 0 heterocycles. The lowest BCUT2D eigenvalue weighted by molar-refractivity contribution is 0.190. The normalized spacial score (nSPS) is 16.6. The number of hydrogen-bond donors (Lipinski definition) is 1. The van der Waals surface area contributed by atoms with E-state index in [0.29, 0.717) is 5.54 Å². The van der Waals surface area contributed by atoms with Crippen molar-refractivity contribution in [1.82, 2.24) is 5.32 Å². The van der Waals surface area contributed by atoms with Crippen molar-refractivity contribution in [3.63, 3.8) is 0 Å². The maximum Gasteiger partial charge on any atom is 0.0203 e. The molecule has 1 heteroatoms. The van der Waals surface area contributed by atoms with Gasteiger partial charge in [0.2, 0.25) is 0 Å². The highest BCUT2D eigenvalue weighted by Gasteiger charge is 2.31. The zero-order chi connectivity index (χ0) is 10.5. The molecule has 0 radical (unpaired) electrons. The Morgan fingerprint density at radius 2 is 1.69 bits per heavy atom. The predicted molar refractivity (Wildman–Crippen MR) is 61.0 cm³/mol. The standard InChI is InChI=1S/C12H27N/c1-7-8-12(13-6,11(4)5)9-10(2)3/h10-11,13H,7-9H2,1-6H3. The van der Waals surface area contributed by atoms with E-state index in [4.69, 9.17) is 0 Å². The molecule has 0 aromatic carbocycles. The highest BCUT2D eigenvalue weighted by molar-refractivity contribution is 4.90. The molecule has 13 heavy (non-hydrogen) atoms. The van der Waals surface area contributed by atoms with E-state index in [1.54, 1.807) is 0 Å². The SMILES string of the molecule is CCCC(CC(C)C)(NC)C(C)C. The van der Waals surface area contributed by atoms with Crippen LogP contribution >= 0.6 is 0 Å². The average Bonchev–Trinajstić information content (AvgIpc) is 2.02. The van der Waals surface area contributed by atoms with E-state index in [0.717, 1.165) is 11.8 Å². The van der Waals surface area contributed by atoms with Gasteiger partial charge in [0.15, 0.2) is 0 Å². The average molecular weight is 185 g/mol. The van der Waals surface area contributed by atoms with Crippen molar-refractivity contribution >= 4 is 0 Å². The van der Waals surface area contributed by atoms with Crippen LogP contribution in [0, 0.1) is 11.8 Å². The Hall–Kier alpha value is -0.0400. The summed E-state index contributed by atoms with van der Waals surface area (Å²) in [5, 5.41) is 3.55. The molecule has 0 rings (SSSR count). The predicted octanol–water partition coefficient (Wildman–Crippen LogP) is 3.45. The molecule has 0 aliphatic rings. The minimum absolute atomic E-state index is 0.364. The zero-order valence-corrected chi connectivity index (χ0v) is 10.3. The summed E-state index contributed by atoms with van der Waals surface area (Å²) in [6.07, 6.45) is 3.85. The fourth-order valence-electron chi connectivity index (χ4n) is 2.32. The Balaban J connectivity index is 4.44. The Morgan fingerprint density at radius 3 is 1.92 bits per heavy atom. The minimum atomic E-state index is 0.364. The van der Waals surface area contributed by atoms with Crippen molar-refractivity contribution in [3.8, 4) is 0 Å². The maximum absolute atomic E-state index is 3.55. The lowest BCUT2D eigenvalue weighted by atomic mass is 9.76. The lowest BCUT2D eigenvalue weighted by Crippen LogP contribution is -2.48. The number of hydrogen-bond acceptors (Lipinski definition) is 1. The molecule has 1 N–H and O–H groups in total. The van der Waals surface area contributed by atoms with E-state index in [-0.39, 0.29) is 0 Å². The molecular weight excluding hydrogens is 158 g/mol. The first-order valence-corrected chi connectivity index (χ1v) is 5.67. The first-order valence-electron chi connectivity index (χ1n) is 5.67. The van der Waals surface area contributed by atoms with Gasteiger partial charge in [-0.1, -0.05) is 41.0 Å². The van der Waals surface area contributed by atoms with E-state index in [2.05, 4.69) is 47.0 Å². The van der Waals surface area contributed by atoms with Crippen molar-refractivity contribution in [2.24, 2.45) is 11.8 Å². The largest absolute Gasteiger partial charge is 0.314 e. The third-order valence-corrected chi connectivity index (χ3v) is 3.07. The van der Waals surface area contributed by atoms with Crippen molar-refractivity contribution in [3.05, 3.63) is 0 Å². The Bertz CT molecular complexity index is 129. The van der Waals surface area contributed by atoms with Crippen LogP contribution in [0.5, 0.6) is 0 Å². The summed E-state index contributed by atoms with van der Waals surface area (Å²) in [7, 11) is 2.11. The Labute approximate surface area is 84.3 Å². The highest BCUT2D eigenvalue weighted by Crippen LogP contribution is 2.29. The van der Waals surface area contributed by atoms with Crippen molar-refractivity contribution in [1.29, 1.82) is 0 Å². The molecule has 1 unspecified atom stereocenters. The Kier molecular flexibility index (Phi) is 5.62. The fourth-order valence-corrected chi connectivity index (χ4v) is 2.32. The van der Waals surface area contributed by atoms with E-state index < -0.39 is 0 Å². The van der Waals surface area contributed by atoms with Gasteiger partial charge >= 0.3 is 0 Å². The molecule has 0 amide bonds. The van der Waals surface area contributed by atoms with Gasteiger partial charge in [0.1, 0.15) is 0 Å². The van der Waals surface area contributed by atoms with Crippen molar-refractivity contribution in [2.75, 3.05) is 7.05 Å². The van der Waals surface area contributed by atoms with Gasteiger partial charge in [-0.15, -0.1) is 0 Å². The highest BCUT2D eigenvalue weighted by atomic mass is 14.9. The van der Waals surface area contributed by atoms with Crippen LogP contribution in [0.3, 0.4) is 0 Å². The molecule has 1 atom stereocenters. The first-order chi connectivity index (χ1) is 5.98. The van der Waals surface area contributed by atoms with Crippen LogP contribution in [0.4, 0.5) is 0 Å². The molecule has 0 aromatic heterocycles. The molecule has 1 nitrogen and oxygen atoms in total. The van der Waals surface area contributed by atoms with Gasteiger partial charge in [0.25, 0.3) is 0 Å². The zero-order valence-electron chi connectivity index (χ0n) is 10.3. The molecule has 0 bridgehead atoms. The minimum Gasteiger partial charge on any atom is -0.314 e. The molecule has 0 aliphatic heterocycles. The summed E-state index contributed by atoms with van der Waals surface area (Å²) in [4.78, 5) is 0. The molecule has 0 fully saturated rings. The van der Waals surface area contributed by atoms with Crippen LogP contribution in [-0.4, -0.2) is 12.6 Å². The maximum atomic E-state index is 3.55. The summed E-state index contributed by atoms with van der Waals surface area (Å²) < 4.78 is 0. The smallest absolute Gasteiger partial charge is 0.0203 e. The summed E-state index contributed by atoms with van der Waals surface area (Å²) in [6, 6.07) is 0. The summed E-state index contributed by atoms with van der Waals surface area (Å²) in [5.41, 5.74) is 0.364. The van der Waals surface area contributed by atoms with Crippen LogP contribution in [0.25, 0.3) is 0 Å².